The van der Waals surface area contributed by atoms with Crippen LogP contribution in [0.15, 0.2) is 18.2 Å². The van der Waals surface area contributed by atoms with Gasteiger partial charge in [0.2, 0.25) is 0 Å². The molecule has 1 aromatic rings. The summed E-state index contributed by atoms with van der Waals surface area (Å²) in [6.45, 7) is 3.15. The van der Waals surface area contributed by atoms with Gasteiger partial charge >= 0.3 is 0 Å². The molecular formula is C15H21NOS. The van der Waals surface area contributed by atoms with Gasteiger partial charge in [0.15, 0.2) is 0 Å². The van der Waals surface area contributed by atoms with Crippen molar-refractivity contribution in [3.63, 3.8) is 0 Å². The van der Waals surface area contributed by atoms with Crippen molar-refractivity contribution >= 4 is 11.8 Å². The van der Waals surface area contributed by atoms with Gasteiger partial charge in [-0.3, -0.25) is 0 Å². The third kappa shape index (κ3) is 3.01. The molecule has 2 nitrogen and oxygen atoms in total. The van der Waals surface area contributed by atoms with E-state index in [2.05, 4.69) is 35.3 Å². The maximum atomic E-state index is 5.53. The average Bonchev–Trinajstić information content (AvgIpc) is 3.05. The van der Waals surface area contributed by atoms with Crippen molar-refractivity contribution in [3.05, 3.63) is 29.3 Å². The van der Waals surface area contributed by atoms with Crippen LogP contribution in [-0.4, -0.2) is 31.2 Å². The van der Waals surface area contributed by atoms with Crippen molar-refractivity contribution in [1.82, 2.24) is 5.32 Å². The summed E-state index contributed by atoms with van der Waals surface area (Å²) in [6, 6.07) is 6.65. The van der Waals surface area contributed by atoms with Gasteiger partial charge in [0.25, 0.3) is 0 Å². The van der Waals surface area contributed by atoms with Crippen molar-refractivity contribution in [3.8, 4) is 5.75 Å². The van der Waals surface area contributed by atoms with Crippen LogP contribution in [0.5, 0.6) is 5.75 Å². The third-order valence-electron chi connectivity index (χ3n) is 3.80. The van der Waals surface area contributed by atoms with Crippen molar-refractivity contribution in [2.45, 2.75) is 19.3 Å². The van der Waals surface area contributed by atoms with Crippen molar-refractivity contribution < 1.29 is 4.74 Å². The van der Waals surface area contributed by atoms with E-state index in [0.29, 0.717) is 0 Å². The molecule has 0 spiro atoms. The smallest absolute Gasteiger partial charge is 0.122 e. The lowest BCUT2D eigenvalue weighted by molar-refractivity contribution is 0.357. The quantitative estimate of drug-likeness (QED) is 0.825. The molecule has 2 aliphatic heterocycles. The molecule has 3 heteroatoms. The highest BCUT2D eigenvalue weighted by atomic mass is 32.2. The maximum Gasteiger partial charge on any atom is 0.122 e. The SMILES string of the molecule is c1cc2c(cc1CCNCC1CCSC1)CCO2. The number of ether oxygens (including phenoxy) is 1. The number of hydrogen-bond donors (Lipinski definition) is 1. The lowest BCUT2D eigenvalue weighted by Crippen LogP contribution is -2.24. The normalized spacial score (nSPS) is 21.9. The van der Waals surface area contributed by atoms with E-state index in [1.54, 1.807) is 0 Å². The second-order valence-corrected chi connectivity index (χ2v) is 6.37. The molecule has 0 saturated carbocycles. The summed E-state index contributed by atoms with van der Waals surface area (Å²) >= 11 is 2.10. The van der Waals surface area contributed by atoms with Crippen LogP contribution in [0.4, 0.5) is 0 Å². The van der Waals surface area contributed by atoms with Crippen molar-refractivity contribution in [2.75, 3.05) is 31.2 Å². The van der Waals surface area contributed by atoms with Gasteiger partial charge < -0.3 is 10.1 Å². The van der Waals surface area contributed by atoms with Crippen LogP contribution in [0.3, 0.4) is 0 Å². The van der Waals surface area contributed by atoms with Gasteiger partial charge in [-0.05, 0) is 60.5 Å². The summed E-state index contributed by atoms with van der Waals surface area (Å²) in [5, 5.41) is 3.60. The minimum atomic E-state index is 0.858. The van der Waals surface area contributed by atoms with E-state index in [-0.39, 0.29) is 0 Å². The molecule has 1 atom stereocenters. The van der Waals surface area contributed by atoms with Crippen LogP contribution in [0, 0.1) is 5.92 Å². The Morgan fingerprint density at radius 1 is 1.39 bits per heavy atom. The fraction of sp³-hybridized carbons (Fsp3) is 0.600. The molecule has 1 N–H and O–H groups in total. The predicted octanol–water partition coefficient (Wildman–Crippen LogP) is 2.51. The summed E-state index contributed by atoms with van der Waals surface area (Å²) in [5.41, 5.74) is 2.83. The lowest BCUT2D eigenvalue weighted by atomic mass is 10.1. The Hall–Kier alpha value is -0.670. The number of thioether (sulfide) groups is 1. The Labute approximate surface area is 113 Å². The van der Waals surface area contributed by atoms with Crippen LogP contribution in [0.2, 0.25) is 0 Å². The fourth-order valence-corrected chi connectivity index (χ4v) is 3.96. The molecule has 1 unspecified atom stereocenters. The molecule has 1 aromatic carbocycles. The van der Waals surface area contributed by atoms with Crippen LogP contribution in [-0.2, 0) is 12.8 Å². The second-order valence-electron chi connectivity index (χ2n) is 5.22. The first-order valence-corrected chi connectivity index (χ1v) is 8.10. The Bertz CT molecular complexity index is 401. The number of rotatable bonds is 5. The molecule has 2 heterocycles. The predicted molar refractivity (Wildman–Crippen MR) is 77.6 cm³/mol. The topological polar surface area (TPSA) is 21.3 Å². The molecule has 0 aromatic heterocycles. The zero-order valence-corrected chi connectivity index (χ0v) is 11.6. The summed E-state index contributed by atoms with van der Waals surface area (Å²) in [6.07, 6.45) is 3.61. The molecule has 18 heavy (non-hydrogen) atoms. The van der Waals surface area contributed by atoms with Crippen LogP contribution in [0.1, 0.15) is 17.5 Å². The van der Waals surface area contributed by atoms with E-state index in [1.165, 1.54) is 35.6 Å². The summed E-state index contributed by atoms with van der Waals surface area (Å²) in [4.78, 5) is 0. The minimum Gasteiger partial charge on any atom is -0.493 e. The Morgan fingerprint density at radius 2 is 2.39 bits per heavy atom. The summed E-state index contributed by atoms with van der Waals surface area (Å²) < 4.78 is 5.53. The van der Waals surface area contributed by atoms with E-state index in [4.69, 9.17) is 4.74 Å². The van der Waals surface area contributed by atoms with Gasteiger partial charge in [-0.15, -0.1) is 0 Å². The molecule has 2 aliphatic rings. The van der Waals surface area contributed by atoms with E-state index < -0.39 is 0 Å². The largest absolute Gasteiger partial charge is 0.493 e. The Morgan fingerprint density at radius 3 is 3.28 bits per heavy atom. The zero-order valence-electron chi connectivity index (χ0n) is 10.8. The molecule has 98 valence electrons. The molecule has 0 amide bonds. The van der Waals surface area contributed by atoms with Gasteiger partial charge in [0.1, 0.15) is 5.75 Å². The van der Waals surface area contributed by atoms with Gasteiger partial charge in [0, 0.05) is 6.42 Å². The number of hydrogen-bond acceptors (Lipinski definition) is 3. The van der Waals surface area contributed by atoms with Gasteiger partial charge in [0.05, 0.1) is 6.61 Å². The van der Waals surface area contributed by atoms with E-state index in [9.17, 15) is 0 Å². The molecule has 3 rings (SSSR count). The molecule has 1 fully saturated rings. The van der Waals surface area contributed by atoms with Crippen LogP contribution >= 0.6 is 11.8 Å². The Balaban J connectivity index is 1.42. The molecule has 1 saturated heterocycles. The maximum absolute atomic E-state index is 5.53. The highest BCUT2D eigenvalue weighted by molar-refractivity contribution is 7.99. The van der Waals surface area contributed by atoms with Gasteiger partial charge in [-0.1, -0.05) is 12.1 Å². The van der Waals surface area contributed by atoms with Gasteiger partial charge in [-0.2, -0.15) is 11.8 Å². The van der Waals surface area contributed by atoms with E-state index in [0.717, 1.165) is 37.7 Å². The molecular weight excluding hydrogens is 242 g/mol. The average molecular weight is 263 g/mol. The summed E-state index contributed by atoms with van der Waals surface area (Å²) in [5.74, 6) is 4.71. The van der Waals surface area contributed by atoms with Crippen molar-refractivity contribution in [2.24, 2.45) is 5.92 Å². The second kappa shape index (κ2) is 5.98. The first kappa shape index (κ1) is 12.4. The first-order chi connectivity index (χ1) is 8.92. The van der Waals surface area contributed by atoms with E-state index >= 15 is 0 Å². The molecule has 0 bridgehead atoms. The van der Waals surface area contributed by atoms with Crippen LogP contribution < -0.4 is 10.1 Å². The standard InChI is InChI=1S/C15H21NOS/c1-2-15-14(4-7-17-15)9-12(1)3-6-16-10-13-5-8-18-11-13/h1-2,9,13,16H,3-8,10-11H2. The van der Waals surface area contributed by atoms with E-state index in [1.807, 2.05) is 0 Å². The third-order valence-corrected chi connectivity index (χ3v) is 5.03. The van der Waals surface area contributed by atoms with Crippen molar-refractivity contribution in [1.29, 1.82) is 0 Å². The number of nitrogens with one attached hydrogen (secondary N) is 1. The fourth-order valence-electron chi connectivity index (χ4n) is 2.68. The van der Waals surface area contributed by atoms with Gasteiger partial charge in [-0.25, -0.2) is 0 Å². The lowest BCUT2D eigenvalue weighted by Gasteiger charge is -2.10. The molecule has 0 aliphatic carbocycles. The Kier molecular flexibility index (Phi) is 4.11. The molecule has 0 radical (unpaired) electrons. The zero-order chi connectivity index (χ0) is 12.2. The first-order valence-electron chi connectivity index (χ1n) is 6.95. The number of fused-ring (bicyclic) bond motifs is 1. The van der Waals surface area contributed by atoms with Crippen LogP contribution in [0.25, 0.3) is 0 Å². The highest BCUT2D eigenvalue weighted by Gasteiger charge is 2.14. The number of benzene rings is 1. The minimum absolute atomic E-state index is 0.858. The highest BCUT2D eigenvalue weighted by Crippen LogP contribution is 2.26. The summed E-state index contributed by atoms with van der Waals surface area (Å²) in [7, 11) is 0. The monoisotopic (exact) mass is 263 g/mol.